The highest BCUT2D eigenvalue weighted by Crippen LogP contribution is 2.27. The number of hydrogen-bond acceptors (Lipinski definition) is 2. The van der Waals surface area contributed by atoms with E-state index in [4.69, 9.17) is 17.3 Å². The Kier molecular flexibility index (Phi) is 2.64. The van der Waals surface area contributed by atoms with Gasteiger partial charge in [0.15, 0.2) is 0 Å². The number of hydrogen-bond donors (Lipinski definition) is 1. The van der Waals surface area contributed by atoms with Crippen LogP contribution in [0.5, 0.6) is 0 Å². The maximum Gasteiger partial charge on any atom is 0.206 e. The van der Waals surface area contributed by atoms with Gasteiger partial charge in [-0.1, -0.05) is 11.6 Å². The summed E-state index contributed by atoms with van der Waals surface area (Å²) in [7, 11) is 0. The van der Waals surface area contributed by atoms with Crippen LogP contribution in [-0.4, -0.2) is 9.55 Å². The monoisotopic (exact) mass is 279 g/mol. The highest BCUT2D eigenvalue weighted by atomic mass is 35.5. The van der Waals surface area contributed by atoms with Crippen LogP contribution < -0.4 is 5.73 Å². The molecule has 2 aromatic carbocycles. The molecule has 0 spiro atoms. The van der Waals surface area contributed by atoms with Crippen molar-refractivity contribution in [1.29, 1.82) is 0 Å². The maximum atomic E-state index is 13.8. The summed E-state index contributed by atoms with van der Waals surface area (Å²) in [5.41, 5.74) is 6.86. The Labute approximate surface area is 112 Å². The maximum absolute atomic E-state index is 13.8. The standard InChI is InChI=1S/C13H8ClF2N3/c14-7-1-4-10-12(5-7)19(13(17)18-10)11-6-8(15)2-3-9(11)16/h1-6H,(H2,17,18). The van der Waals surface area contributed by atoms with Crippen LogP contribution in [0.3, 0.4) is 0 Å². The van der Waals surface area contributed by atoms with E-state index in [9.17, 15) is 8.78 Å². The van der Waals surface area contributed by atoms with E-state index in [-0.39, 0.29) is 11.6 Å². The van der Waals surface area contributed by atoms with Crippen LogP contribution >= 0.6 is 11.6 Å². The topological polar surface area (TPSA) is 43.8 Å². The van der Waals surface area contributed by atoms with Gasteiger partial charge in [-0.15, -0.1) is 0 Å². The molecule has 1 aromatic heterocycles. The van der Waals surface area contributed by atoms with Crippen LogP contribution in [0, 0.1) is 11.6 Å². The summed E-state index contributed by atoms with van der Waals surface area (Å²) in [4.78, 5) is 4.09. The van der Waals surface area contributed by atoms with Crippen molar-refractivity contribution in [2.24, 2.45) is 0 Å². The quantitative estimate of drug-likeness (QED) is 0.740. The number of aromatic nitrogens is 2. The molecule has 1 heterocycles. The Hall–Kier alpha value is -2.14. The molecule has 3 aromatic rings. The lowest BCUT2D eigenvalue weighted by Crippen LogP contribution is -2.03. The first kappa shape index (κ1) is 11.9. The minimum Gasteiger partial charge on any atom is -0.369 e. The molecule has 0 radical (unpaired) electrons. The number of benzene rings is 2. The number of imidazole rings is 1. The molecule has 0 bridgehead atoms. The second kappa shape index (κ2) is 4.20. The molecule has 0 aliphatic carbocycles. The fourth-order valence-electron chi connectivity index (χ4n) is 1.98. The SMILES string of the molecule is Nc1nc2ccc(Cl)cc2n1-c1cc(F)ccc1F. The largest absolute Gasteiger partial charge is 0.369 e. The highest BCUT2D eigenvalue weighted by Gasteiger charge is 2.14. The number of rotatable bonds is 1. The number of nitrogen functional groups attached to an aromatic ring is 1. The normalized spacial score (nSPS) is 11.1. The fourth-order valence-corrected chi connectivity index (χ4v) is 2.14. The van der Waals surface area contributed by atoms with E-state index in [1.807, 2.05) is 0 Å². The second-order valence-electron chi connectivity index (χ2n) is 4.03. The number of anilines is 1. The summed E-state index contributed by atoms with van der Waals surface area (Å²) in [5.74, 6) is -1.08. The average Bonchev–Trinajstić information content (AvgIpc) is 2.68. The van der Waals surface area contributed by atoms with E-state index in [1.54, 1.807) is 18.2 Å². The third-order valence-corrected chi connectivity index (χ3v) is 3.03. The van der Waals surface area contributed by atoms with Crippen molar-refractivity contribution in [2.45, 2.75) is 0 Å². The molecule has 0 unspecified atom stereocenters. The zero-order valence-corrected chi connectivity index (χ0v) is 10.3. The van der Waals surface area contributed by atoms with Gasteiger partial charge in [0.2, 0.25) is 5.95 Å². The lowest BCUT2D eigenvalue weighted by atomic mass is 10.2. The predicted molar refractivity (Wildman–Crippen MR) is 70.4 cm³/mol. The summed E-state index contributed by atoms with van der Waals surface area (Å²) < 4.78 is 28.5. The number of nitrogens with two attached hydrogens (primary N) is 1. The molecular formula is C13H8ClF2N3. The molecule has 3 rings (SSSR count). The van der Waals surface area contributed by atoms with E-state index in [2.05, 4.69) is 4.98 Å². The summed E-state index contributed by atoms with van der Waals surface area (Å²) in [6, 6.07) is 8.07. The van der Waals surface area contributed by atoms with E-state index in [0.29, 0.717) is 16.1 Å². The van der Waals surface area contributed by atoms with Crippen molar-refractivity contribution in [3.05, 3.63) is 53.1 Å². The van der Waals surface area contributed by atoms with Crippen molar-refractivity contribution in [3.8, 4) is 5.69 Å². The summed E-state index contributed by atoms with van der Waals surface area (Å²) in [6.45, 7) is 0. The minimum absolute atomic E-state index is 0.00210. The Morgan fingerprint density at radius 3 is 2.68 bits per heavy atom. The van der Waals surface area contributed by atoms with Crippen LogP contribution in [0.15, 0.2) is 36.4 Å². The van der Waals surface area contributed by atoms with Crippen LogP contribution in [-0.2, 0) is 0 Å². The molecular weight excluding hydrogens is 272 g/mol. The van der Waals surface area contributed by atoms with Gasteiger partial charge in [-0.25, -0.2) is 13.8 Å². The first-order valence-corrected chi connectivity index (χ1v) is 5.83. The summed E-state index contributed by atoms with van der Waals surface area (Å²) in [5, 5.41) is 0.463. The summed E-state index contributed by atoms with van der Waals surface area (Å²) >= 11 is 5.91. The summed E-state index contributed by atoms with van der Waals surface area (Å²) in [6.07, 6.45) is 0. The lowest BCUT2D eigenvalue weighted by Gasteiger charge is -2.08. The predicted octanol–water partition coefficient (Wildman–Crippen LogP) is 3.54. The smallest absolute Gasteiger partial charge is 0.206 e. The Morgan fingerprint density at radius 1 is 1.11 bits per heavy atom. The molecule has 0 aliphatic heterocycles. The van der Waals surface area contributed by atoms with Gasteiger partial charge in [0.1, 0.15) is 11.6 Å². The lowest BCUT2D eigenvalue weighted by molar-refractivity contribution is 0.594. The number of halogens is 3. The zero-order chi connectivity index (χ0) is 13.6. The first-order valence-electron chi connectivity index (χ1n) is 5.45. The molecule has 19 heavy (non-hydrogen) atoms. The molecule has 0 fully saturated rings. The van der Waals surface area contributed by atoms with Gasteiger partial charge in [0, 0.05) is 11.1 Å². The van der Waals surface area contributed by atoms with Crippen molar-refractivity contribution in [1.82, 2.24) is 9.55 Å². The fraction of sp³-hybridized carbons (Fsp3) is 0. The van der Waals surface area contributed by atoms with Gasteiger partial charge >= 0.3 is 0 Å². The second-order valence-corrected chi connectivity index (χ2v) is 4.47. The van der Waals surface area contributed by atoms with E-state index < -0.39 is 11.6 Å². The first-order chi connectivity index (χ1) is 9.06. The molecule has 0 saturated heterocycles. The van der Waals surface area contributed by atoms with Gasteiger partial charge in [0.05, 0.1) is 16.7 Å². The number of nitrogens with zero attached hydrogens (tertiary/aromatic N) is 2. The van der Waals surface area contributed by atoms with Crippen LogP contribution in [0.1, 0.15) is 0 Å². The van der Waals surface area contributed by atoms with Crippen molar-refractivity contribution < 1.29 is 8.78 Å². The molecule has 6 heteroatoms. The molecule has 0 amide bonds. The number of fused-ring (bicyclic) bond motifs is 1. The van der Waals surface area contributed by atoms with Gasteiger partial charge < -0.3 is 5.73 Å². The average molecular weight is 280 g/mol. The third kappa shape index (κ3) is 1.92. The van der Waals surface area contributed by atoms with Crippen LogP contribution in [0.4, 0.5) is 14.7 Å². The van der Waals surface area contributed by atoms with E-state index >= 15 is 0 Å². The highest BCUT2D eigenvalue weighted by molar-refractivity contribution is 6.31. The van der Waals surface area contributed by atoms with Crippen molar-refractivity contribution in [3.63, 3.8) is 0 Å². The van der Waals surface area contributed by atoms with E-state index in [1.165, 1.54) is 4.57 Å². The molecule has 2 N–H and O–H groups in total. The molecule has 3 nitrogen and oxygen atoms in total. The Morgan fingerprint density at radius 2 is 1.89 bits per heavy atom. The van der Waals surface area contributed by atoms with Gasteiger partial charge in [-0.05, 0) is 30.3 Å². The van der Waals surface area contributed by atoms with Gasteiger partial charge in [-0.2, -0.15) is 0 Å². The Balaban J connectivity index is 2.38. The molecule has 0 aliphatic rings. The van der Waals surface area contributed by atoms with Gasteiger partial charge in [-0.3, -0.25) is 4.57 Å². The zero-order valence-electron chi connectivity index (χ0n) is 9.57. The molecule has 0 atom stereocenters. The van der Waals surface area contributed by atoms with E-state index in [0.717, 1.165) is 18.2 Å². The van der Waals surface area contributed by atoms with Crippen LogP contribution in [0.25, 0.3) is 16.7 Å². The molecule has 96 valence electrons. The third-order valence-electron chi connectivity index (χ3n) is 2.79. The van der Waals surface area contributed by atoms with Crippen molar-refractivity contribution in [2.75, 3.05) is 5.73 Å². The minimum atomic E-state index is -0.590. The van der Waals surface area contributed by atoms with Crippen molar-refractivity contribution >= 4 is 28.6 Å². The Bertz CT molecular complexity index is 783. The molecule has 0 saturated carbocycles. The van der Waals surface area contributed by atoms with Gasteiger partial charge in [0.25, 0.3) is 0 Å². The van der Waals surface area contributed by atoms with Crippen LogP contribution in [0.2, 0.25) is 5.02 Å².